The molecule has 2 fully saturated rings. The number of rotatable bonds is 7. The zero-order valence-electron chi connectivity index (χ0n) is 15.7. The van der Waals surface area contributed by atoms with Crippen LogP contribution in [0, 0.1) is 5.92 Å². The summed E-state index contributed by atoms with van der Waals surface area (Å²) >= 11 is 4.28. The van der Waals surface area contributed by atoms with Gasteiger partial charge in [-0.3, -0.25) is 19.7 Å². The van der Waals surface area contributed by atoms with Gasteiger partial charge in [0.1, 0.15) is 5.75 Å². The molecule has 0 radical (unpaired) electrons. The van der Waals surface area contributed by atoms with E-state index < -0.39 is 5.91 Å². The monoisotopic (exact) mass is 465 g/mol. The number of thioether (sulfide) groups is 1. The first kappa shape index (κ1) is 21.1. The Morgan fingerprint density at radius 1 is 1.21 bits per heavy atom. The van der Waals surface area contributed by atoms with Crippen molar-refractivity contribution >= 4 is 50.9 Å². The van der Waals surface area contributed by atoms with Crippen molar-refractivity contribution in [3.63, 3.8) is 0 Å². The van der Waals surface area contributed by atoms with Crippen molar-refractivity contribution < 1.29 is 19.1 Å². The van der Waals surface area contributed by atoms with Gasteiger partial charge in [0.15, 0.2) is 0 Å². The smallest absolute Gasteiger partial charge is 0.311 e. The number of amides is 2. The van der Waals surface area contributed by atoms with Crippen LogP contribution in [0.5, 0.6) is 5.75 Å². The van der Waals surface area contributed by atoms with Crippen LogP contribution in [0.4, 0.5) is 4.79 Å². The molecule has 1 aromatic rings. The predicted molar refractivity (Wildman–Crippen MR) is 114 cm³/mol. The summed E-state index contributed by atoms with van der Waals surface area (Å²) < 4.78 is 6.09. The highest BCUT2D eigenvalue weighted by Crippen LogP contribution is 2.31. The molecule has 28 heavy (non-hydrogen) atoms. The van der Waals surface area contributed by atoms with Gasteiger partial charge in [-0.1, -0.05) is 51.0 Å². The minimum absolute atomic E-state index is 0.230. The normalized spacial score (nSPS) is 19.1. The summed E-state index contributed by atoms with van der Waals surface area (Å²) in [5, 5.41) is 1.85. The van der Waals surface area contributed by atoms with Crippen LogP contribution in [0.25, 0.3) is 6.08 Å². The Morgan fingerprint density at radius 2 is 2.00 bits per heavy atom. The van der Waals surface area contributed by atoms with Crippen LogP contribution < -0.4 is 10.1 Å². The third-order valence-corrected chi connectivity index (χ3v) is 6.52. The molecule has 0 bridgehead atoms. The SMILES string of the molecule is O=C(CCCCC1CCCCC1)Oc1ccc(/C=C2\SC(=O)NC2=O)cc1Br. The summed E-state index contributed by atoms with van der Waals surface area (Å²) in [5.41, 5.74) is 0.742. The second-order valence-electron chi connectivity index (χ2n) is 7.27. The summed E-state index contributed by atoms with van der Waals surface area (Å²) in [6, 6.07) is 5.20. The van der Waals surface area contributed by atoms with Crippen molar-refractivity contribution in [1.82, 2.24) is 5.32 Å². The molecular weight excluding hydrogens is 442 g/mol. The van der Waals surface area contributed by atoms with Crippen molar-refractivity contribution in [2.75, 3.05) is 0 Å². The van der Waals surface area contributed by atoms with Crippen molar-refractivity contribution in [3.8, 4) is 5.75 Å². The molecule has 1 aliphatic heterocycles. The quantitative estimate of drug-likeness (QED) is 0.237. The van der Waals surface area contributed by atoms with Gasteiger partial charge in [0.2, 0.25) is 0 Å². The third-order valence-electron chi connectivity index (χ3n) is 5.09. The highest BCUT2D eigenvalue weighted by atomic mass is 79.9. The van der Waals surface area contributed by atoms with Gasteiger partial charge in [0, 0.05) is 6.42 Å². The Hall–Kier alpha value is -1.60. The summed E-state index contributed by atoms with van der Waals surface area (Å²) in [4.78, 5) is 35.3. The molecule has 1 aromatic carbocycles. The number of unbranched alkanes of at least 4 members (excludes halogenated alkanes) is 1. The molecule has 1 N–H and O–H groups in total. The van der Waals surface area contributed by atoms with E-state index in [1.807, 2.05) is 0 Å². The van der Waals surface area contributed by atoms with Gasteiger partial charge in [0.25, 0.3) is 11.1 Å². The van der Waals surface area contributed by atoms with Crippen LogP contribution in [0.2, 0.25) is 0 Å². The van der Waals surface area contributed by atoms with E-state index in [9.17, 15) is 14.4 Å². The molecule has 1 aliphatic carbocycles. The van der Waals surface area contributed by atoms with E-state index in [0.29, 0.717) is 21.5 Å². The zero-order chi connectivity index (χ0) is 19.9. The van der Waals surface area contributed by atoms with Crippen LogP contribution in [-0.4, -0.2) is 17.1 Å². The van der Waals surface area contributed by atoms with Gasteiger partial charge in [-0.2, -0.15) is 0 Å². The maximum Gasteiger partial charge on any atom is 0.311 e. The molecule has 0 unspecified atom stereocenters. The number of nitrogens with one attached hydrogen (secondary N) is 1. The summed E-state index contributed by atoms with van der Waals surface area (Å²) in [6.07, 6.45) is 12.0. The lowest BCUT2D eigenvalue weighted by Gasteiger charge is -2.21. The summed E-state index contributed by atoms with van der Waals surface area (Å²) in [6.45, 7) is 0. The molecule has 3 rings (SSSR count). The molecular formula is C21H24BrNO4S. The van der Waals surface area contributed by atoms with Crippen molar-refractivity contribution in [1.29, 1.82) is 0 Å². The van der Waals surface area contributed by atoms with Crippen molar-refractivity contribution in [2.45, 2.75) is 57.8 Å². The number of benzene rings is 1. The third kappa shape index (κ3) is 6.21. The second kappa shape index (κ2) is 10.3. The van der Waals surface area contributed by atoms with E-state index in [0.717, 1.165) is 36.1 Å². The molecule has 2 aliphatic rings. The van der Waals surface area contributed by atoms with E-state index in [2.05, 4.69) is 21.2 Å². The van der Waals surface area contributed by atoms with Crippen LogP contribution in [-0.2, 0) is 9.59 Å². The van der Waals surface area contributed by atoms with Gasteiger partial charge in [-0.25, -0.2) is 0 Å². The van der Waals surface area contributed by atoms with Gasteiger partial charge in [-0.15, -0.1) is 0 Å². The fourth-order valence-corrected chi connectivity index (χ4v) is 4.77. The molecule has 1 heterocycles. The molecule has 1 saturated carbocycles. The maximum atomic E-state index is 12.1. The standard InChI is InChI=1S/C21H24BrNO4S/c22-16-12-15(13-18-20(25)23-21(26)28-18)10-11-17(16)27-19(24)9-5-4-8-14-6-2-1-3-7-14/h10-14H,1-9H2,(H,23,25,26)/b18-13-. The largest absolute Gasteiger partial charge is 0.425 e. The average Bonchev–Trinajstić information content (AvgIpc) is 2.99. The number of esters is 1. The van der Waals surface area contributed by atoms with E-state index in [4.69, 9.17) is 4.74 Å². The van der Waals surface area contributed by atoms with E-state index in [-0.39, 0.29) is 11.2 Å². The summed E-state index contributed by atoms with van der Waals surface area (Å²) in [7, 11) is 0. The lowest BCUT2D eigenvalue weighted by molar-refractivity contribution is -0.134. The first-order chi connectivity index (χ1) is 13.5. The van der Waals surface area contributed by atoms with Crippen LogP contribution in [0.15, 0.2) is 27.6 Å². The Labute approximate surface area is 177 Å². The molecule has 1 saturated heterocycles. The molecule has 2 amide bonds. The zero-order valence-corrected chi connectivity index (χ0v) is 18.1. The van der Waals surface area contributed by atoms with E-state index in [1.54, 1.807) is 24.3 Å². The topological polar surface area (TPSA) is 72.5 Å². The van der Waals surface area contributed by atoms with Gasteiger partial charge >= 0.3 is 5.97 Å². The Bertz CT molecular complexity index is 787. The van der Waals surface area contributed by atoms with Crippen LogP contribution in [0.1, 0.15) is 63.4 Å². The van der Waals surface area contributed by atoms with Crippen LogP contribution >= 0.6 is 27.7 Å². The minimum Gasteiger partial charge on any atom is -0.425 e. The number of hydrogen-bond donors (Lipinski definition) is 1. The van der Waals surface area contributed by atoms with E-state index >= 15 is 0 Å². The number of carbonyl (C=O) groups is 3. The van der Waals surface area contributed by atoms with Gasteiger partial charge in [-0.05, 0) is 63.8 Å². The minimum atomic E-state index is -0.394. The fraction of sp³-hybridized carbons (Fsp3) is 0.476. The predicted octanol–water partition coefficient (Wildman–Crippen LogP) is 5.82. The van der Waals surface area contributed by atoms with Gasteiger partial charge in [0.05, 0.1) is 9.38 Å². The van der Waals surface area contributed by atoms with Gasteiger partial charge < -0.3 is 4.74 Å². The Morgan fingerprint density at radius 3 is 2.68 bits per heavy atom. The Kier molecular flexibility index (Phi) is 7.73. The number of hydrogen-bond acceptors (Lipinski definition) is 5. The lowest BCUT2D eigenvalue weighted by Crippen LogP contribution is -2.17. The highest BCUT2D eigenvalue weighted by Gasteiger charge is 2.25. The van der Waals surface area contributed by atoms with Crippen molar-refractivity contribution in [2.24, 2.45) is 5.92 Å². The highest BCUT2D eigenvalue weighted by molar-refractivity contribution is 9.10. The number of imide groups is 1. The number of ether oxygens (including phenoxy) is 1. The molecule has 0 aromatic heterocycles. The van der Waals surface area contributed by atoms with Crippen molar-refractivity contribution in [3.05, 3.63) is 33.1 Å². The number of halogens is 1. The first-order valence-electron chi connectivity index (χ1n) is 9.76. The Balaban J connectivity index is 1.46. The number of carbonyl (C=O) groups excluding carboxylic acids is 3. The average molecular weight is 466 g/mol. The molecule has 0 spiro atoms. The molecule has 0 atom stereocenters. The van der Waals surface area contributed by atoms with Crippen LogP contribution in [0.3, 0.4) is 0 Å². The lowest BCUT2D eigenvalue weighted by atomic mass is 9.86. The molecule has 150 valence electrons. The van der Waals surface area contributed by atoms with E-state index in [1.165, 1.54) is 38.5 Å². The fourth-order valence-electron chi connectivity index (χ4n) is 3.61. The molecule has 5 nitrogen and oxygen atoms in total. The summed E-state index contributed by atoms with van der Waals surface area (Å²) in [5.74, 6) is 0.677. The maximum absolute atomic E-state index is 12.1. The first-order valence-corrected chi connectivity index (χ1v) is 11.4. The molecule has 7 heteroatoms. The second-order valence-corrected chi connectivity index (χ2v) is 9.14.